The van der Waals surface area contributed by atoms with Crippen molar-refractivity contribution in [3.8, 4) is 5.75 Å². The molecule has 3 aromatic rings. The van der Waals surface area contributed by atoms with Gasteiger partial charge in [0.2, 0.25) is 0 Å². The lowest BCUT2D eigenvalue weighted by molar-refractivity contribution is -0.307. The second kappa shape index (κ2) is 8.03. The zero-order valence-corrected chi connectivity index (χ0v) is 17.3. The number of aliphatic carboxylic acids is 1. The number of Topliss-reactive ketones (excluding diaryl/α,β-unsaturated/α-hetero) is 1. The van der Waals surface area contributed by atoms with Crippen LogP contribution < -0.4 is 9.84 Å². The molecule has 0 amide bonds. The fourth-order valence-corrected chi connectivity index (χ4v) is 4.02. The Balaban J connectivity index is 2.37. The van der Waals surface area contributed by atoms with Gasteiger partial charge in [-0.25, -0.2) is 0 Å². The summed E-state index contributed by atoms with van der Waals surface area (Å²) in [6.45, 7) is 2.87. The summed E-state index contributed by atoms with van der Waals surface area (Å²) in [6.07, 6.45) is 0. The molecule has 0 fully saturated rings. The second-order valence-electron chi connectivity index (χ2n) is 6.24. The van der Waals surface area contributed by atoms with Crippen LogP contribution >= 0.6 is 34.8 Å². The zero-order chi connectivity index (χ0) is 20.6. The number of benzene rings is 2. The molecule has 0 spiro atoms. The van der Waals surface area contributed by atoms with Gasteiger partial charge in [0, 0.05) is 17.8 Å². The highest BCUT2D eigenvalue weighted by molar-refractivity contribution is 6.51. The van der Waals surface area contributed by atoms with E-state index in [-0.39, 0.29) is 26.6 Å². The SMILES string of the molecule is CC(=O)c1c(C)n(Cc2ccccc2)c2c(Cl)c(Cl)c(Cl)c(OCC(=O)[O-])c12. The molecule has 0 N–H and O–H groups in total. The summed E-state index contributed by atoms with van der Waals surface area (Å²) in [5.41, 5.74) is 2.43. The number of hydrogen-bond acceptors (Lipinski definition) is 4. The third-order valence-corrected chi connectivity index (χ3v) is 5.71. The van der Waals surface area contributed by atoms with E-state index in [0.29, 0.717) is 28.7 Å². The summed E-state index contributed by atoms with van der Waals surface area (Å²) in [5, 5.41) is 11.4. The van der Waals surface area contributed by atoms with E-state index in [1.807, 2.05) is 34.9 Å². The van der Waals surface area contributed by atoms with E-state index in [9.17, 15) is 14.7 Å². The third kappa shape index (κ3) is 3.58. The fraction of sp³-hybridized carbons (Fsp3) is 0.200. The van der Waals surface area contributed by atoms with E-state index < -0.39 is 12.6 Å². The van der Waals surface area contributed by atoms with Gasteiger partial charge in [0.15, 0.2) is 5.78 Å². The van der Waals surface area contributed by atoms with Crippen molar-refractivity contribution >= 4 is 57.5 Å². The molecule has 0 unspecified atom stereocenters. The molecule has 0 bridgehead atoms. The Morgan fingerprint density at radius 3 is 2.29 bits per heavy atom. The number of carboxylic acids is 1. The van der Waals surface area contributed by atoms with Crippen LogP contribution in [0.25, 0.3) is 10.9 Å². The Morgan fingerprint density at radius 1 is 1.07 bits per heavy atom. The number of hydrogen-bond donors (Lipinski definition) is 0. The molecule has 0 aliphatic carbocycles. The van der Waals surface area contributed by atoms with E-state index in [1.54, 1.807) is 6.92 Å². The Labute approximate surface area is 176 Å². The standard InChI is InChI=1S/C20H16Cl3NO4/c1-10-14(11(2)25)15-19(24(10)8-12-6-4-3-5-7-12)17(22)16(21)18(23)20(15)28-9-13(26)27/h3-7H,8-9H2,1-2H3,(H,26,27)/p-1. The van der Waals surface area contributed by atoms with Crippen molar-refractivity contribution in [1.29, 1.82) is 0 Å². The van der Waals surface area contributed by atoms with Crippen LogP contribution in [0.5, 0.6) is 5.75 Å². The average Bonchev–Trinajstić information content (AvgIpc) is 2.93. The first-order chi connectivity index (χ1) is 13.2. The predicted molar refractivity (Wildman–Crippen MR) is 108 cm³/mol. The quantitative estimate of drug-likeness (QED) is 0.424. The third-order valence-electron chi connectivity index (χ3n) is 4.41. The van der Waals surface area contributed by atoms with Crippen molar-refractivity contribution in [3.63, 3.8) is 0 Å². The van der Waals surface area contributed by atoms with E-state index in [1.165, 1.54) is 6.92 Å². The number of rotatable bonds is 6. The van der Waals surface area contributed by atoms with Crippen LogP contribution in [-0.4, -0.2) is 22.9 Å². The largest absolute Gasteiger partial charge is 0.546 e. The van der Waals surface area contributed by atoms with Crippen LogP contribution in [-0.2, 0) is 11.3 Å². The van der Waals surface area contributed by atoms with Crippen molar-refractivity contribution in [2.45, 2.75) is 20.4 Å². The molecule has 3 rings (SSSR count). The number of carbonyl (C=O) groups is 2. The van der Waals surface area contributed by atoms with Gasteiger partial charge < -0.3 is 19.2 Å². The maximum Gasteiger partial charge on any atom is 0.162 e. The Hall–Kier alpha value is -2.21. The molecule has 1 heterocycles. The van der Waals surface area contributed by atoms with Gasteiger partial charge >= 0.3 is 0 Å². The number of ether oxygens (including phenoxy) is 1. The molecule has 0 atom stereocenters. The Bertz CT molecular complexity index is 1090. The van der Waals surface area contributed by atoms with Crippen LogP contribution in [0.4, 0.5) is 0 Å². The number of fused-ring (bicyclic) bond motifs is 1. The van der Waals surface area contributed by atoms with Crippen molar-refractivity contribution < 1.29 is 19.4 Å². The van der Waals surface area contributed by atoms with Crippen molar-refractivity contribution in [3.05, 3.63) is 62.2 Å². The molecular formula is C20H15Cl3NO4-. The van der Waals surface area contributed by atoms with Crippen molar-refractivity contribution in [2.24, 2.45) is 0 Å². The fourth-order valence-electron chi connectivity index (χ4n) is 3.26. The molecular weight excluding hydrogens is 425 g/mol. The van der Waals surface area contributed by atoms with Crippen molar-refractivity contribution in [1.82, 2.24) is 4.57 Å². The molecule has 28 heavy (non-hydrogen) atoms. The summed E-state index contributed by atoms with van der Waals surface area (Å²) in [5.74, 6) is -1.67. The highest BCUT2D eigenvalue weighted by atomic mass is 35.5. The average molecular weight is 440 g/mol. The minimum Gasteiger partial charge on any atom is -0.546 e. The van der Waals surface area contributed by atoms with Crippen LogP contribution in [0.3, 0.4) is 0 Å². The molecule has 1 aromatic heterocycles. The van der Waals surface area contributed by atoms with E-state index in [0.717, 1.165) is 5.56 Å². The summed E-state index contributed by atoms with van der Waals surface area (Å²) >= 11 is 19.1. The molecule has 8 heteroatoms. The summed E-state index contributed by atoms with van der Waals surface area (Å²) in [7, 11) is 0. The van der Waals surface area contributed by atoms with Crippen LogP contribution in [0, 0.1) is 6.92 Å². The van der Waals surface area contributed by atoms with E-state index in [4.69, 9.17) is 39.5 Å². The number of halogens is 3. The van der Waals surface area contributed by atoms with Crippen LogP contribution in [0.1, 0.15) is 28.5 Å². The first-order valence-electron chi connectivity index (χ1n) is 8.30. The molecule has 0 aliphatic heterocycles. The topological polar surface area (TPSA) is 71.4 Å². The highest BCUT2D eigenvalue weighted by Gasteiger charge is 2.28. The maximum absolute atomic E-state index is 12.4. The highest BCUT2D eigenvalue weighted by Crippen LogP contribution is 2.48. The molecule has 146 valence electrons. The van der Waals surface area contributed by atoms with Gasteiger partial charge in [-0.15, -0.1) is 0 Å². The van der Waals surface area contributed by atoms with Gasteiger partial charge in [-0.1, -0.05) is 65.1 Å². The molecule has 2 aromatic carbocycles. The Kier molecular flexibility index (Phi) is 5.89. The lowest BCUT2D eigenvalue weighted by Crippen LogP contribution is -2.29. The zero-order valence-electron chi connectivity index (χ0n) is 15.0. The van der Waals surface area contributed by atoms with Gasteiger partial charge in [-0.2, -0.15) is 0 Å². The minimum absolute atomic E-state index is 0.00428. The molecule has 5 nitrogen and oxygen atoms in total. The smallest absolute Gasteiger partial charge is 0.162 e. The van der Waals surface area contributed by atoms with Gasteiger partial charge in [0.05, 0.1) is 26.9 Å². The molecule has 0 aliphatic rings. The molecule has 0 saturated heterocycles. The monoisotopic (exact) mass is 438 g/mol. The van der Waals surface area contributed by atoms with Gasteiger partial charge in [0.25, 0.3) is 0 Å². The molecule has 0 radical (unpaired) electrons. The maximum atomic E-state index is 12.4. The molecule has 0 saturated carbocycles. The Morgan fingerprint density at radius 2 is 1.71 bits per heavy atom. The van der Waals surface area contributed by atoms with E-state index >= 15 is 0 Å². The van der Waals surface area contributed by atoms with Crippen LogP contribution in [0.2, 0.25) is 15.1 Å². The summed E-state index contributed by atoms with van der Waals surface area (Å²) < 4.78 is 7.20. The van der Waals surface area contributed by atoms with Crippen LogP contribution in [0.15, 0.2) is 30.3 Å². The van der Waals surface area contributed by atoms with Crippen molar-refractivity contribution in [2.75, 3.05) is 6.61 Å². The number of nitrogens with zero attached hydrogens (tertiary/aromatic N) is 1. The van der Waals surface area contributed by atoms with Gasteiger partial charge in [-0.05, 0) is 19.4 Å². The first kappa shape index (κ1) is 20.5. The lowest BCUT2D eigenvalue weighted by atomic mass is 10.1. The first-order valence-corrected chi connectivity index (χ1v) is 9.44. The van der Waals surface area contributed by atoms with Gasteiger partial charge in [-0.3, -0.25) is 4.79 Å². The van der Waals surface area contributed by atoms with E-state index in [2.05, 4.69) is 0 Å². The lowest BCUT2D eigenvalue weighted by Gasteiger charge is -2.15. The predicted octanol–water partition coefficient (Wildman–Crippen LogP) is 4.29. The minimum atomic E-state index is -1.43. The normalized spacial score (nSPS) is 11.0. The number of carbonyl (C=O) groups excluding carboxylic acids is 2. The number of carboxylic acid groups (broad SMARTS) is 1. The number of ketones is 1. The number of aromatic nitrogens is 1. The summed E-state index contributed by atoms with van der Waals surface area (Å²) in [4.78, 5) is 23.3. The second-order valence-corrected chi connectivity index (χ2v) is 7.38. The van der Waals surface area contributed by atoms with Gasteiger partial charge in [0.1, 0.15) is 17.4 Å². The summed E-state index contributed by atoms with van der Waals surface area (Å²) in [6, 6.07) is 9.60.